The van der Waals surface area contributed by atoms with E-state index < -0.39 is 6.04 Å². The van der Waals surface area contributed by atoms with Crippen molar-refractivity contribution >= 4 is 11.7 Å². The number of hydrogen-bond donors (Lipinski definition) is 1. The van der Waals surface area contributed by atoms with E-state index in [2.05, 4.69) is 10.4 Å². The third-order valence-electron chi connectivity index (χ3n) is 2.29. The molecule has 1 N–H and O–H groups in total. The van der Waals surface area contributed by atoms with Crippen LogP contribution >= 0.6 is 0 Å². The minimum atomic E-state index is -0.414. The number of nitrogens with one attached hydrogen (secondary N) is 1. The van der Waals surface area contributed by atoms with Gasteiger partial charge in [-0.05, 0) is 18.9 Å². The Balaban J connectivity index is 2.52. The molecule has 0 aromatic carbocycles. The number of carbonyl (C=O) groups excluding carboxylic acids is 2. The van der Waals surface area contributed by atoms with Gasteiger partial charge in [-0.3, -0.25) is 14.3 Å². The molecule has 0 bridgehead atoms. The quantitative estimate of drug-likeness (QED) is 0.795. The monoisotopic (exact) mass is 223 g/mol. The molecule has 88 valence electrons. The van der Waals surface area contributed by atoms with Crippen molar-refractivity contribution in [3.8, 4) is 0 Å². The molecule has 1 aromatic rings. The highest BCUT2D eigenvalue weighted by molar-refractivity contribution is 5.87. The third kappa shape index (κ3) is 3.49. The van der Waals surface area contributed by atoms with Gasteiger partial charge in [0.1, 0.15) is 6.54 Å². The number of carbonyl (C=O) groups is 2. The SMILES string of the molecule is CC(=O)C(NC(=O)Cn1cccn1)C(C)C. The smallest absolute Gasteiger partial charge is 0.242 e. The molecule has 0 aliphatic rings. The molecule has 0 aliphatic carbocycles. The molecule has 5 heteroatoms. The average Bonchev–Trinajstić information content (AvgIpc) is 2.65. The van der Waals surface area contributed by atoms with Crippen molar-refractivity contribution in [3.05, 3.63) is 18.5 Å². The maximum Gasteiger partial charge on any atom is 0.242 e. The van der Waals surface area contributed by atoms with Gasteiger partial charge in [0.05, 0.1) is 6.04 Å². The Hall–Kier alpha value is -1.65. The molecule has 1 rings (SSSR count). The Labute approximate surface area is 94.8 Å². The first kappa shape index (κ1) is 12.4. The lowest BCUT2D eigenvalue weighted by Gasteiger charge is -2.19. The zero-order chi connectivity index (χ0) is 12.1. The van der Waals surface area contributed by atoms with E-state index in [1.165, 1.54) is 11.6 Å². The van der Waals surface area contributed by atoms with Gasteiger partial charge in [0.2, 0.25) is 5.91 Å². The summed E-state index contributed by atoms with van der Waals surface area (Å²) in [4.78, 5) is 22.9. The largest absolute Gasteiger partial charge is 0.344 e. The van der Waals surface area contributed by atoms with Crippen LogP contribution in [-0.4, -0.2) is 27.5 Å². The van der Waals surface area contributed by atoms with E-state index in [0.29, 0.717) is 0 Å². The molecule has 1 heterocycles. The van der Waals surface area contributed by atoms with E-state index >= 15 is 0 Å². The van der Waals surface area contributed by atoms with Gasteiger partial charge in [-0.15, -0.1) is 0 Å². The van der Waals surface area contributed by atoms with Crippen LogP contribution in [-0.2, 0) is 16.1 Å². The van der Waals surface area contributed by atoms with E-state index in [1.54, 1.807) is 18.5 Å². The van der Waals surface area contributed by atoms with Crippen molar-refractivity contribution in [2.45, 2.75) is 33.4 Å². The van der Waals surface area contributed by atoms with Gasteiger partial charge in [-0.2, -0.15) is 5.10 Å². The van der Waals surface area contributed by atoms with Crippen molar-refractivity contribution < 1.29 is 9.59 Å². The fourth-order valence-corrected chi connectivity index (χ4v) is 1.50. The van der Waals surface area contributed by atoms with Crippen LogP contribution in [0.5, 0.6) is 0 Å². The van der Waals surface area contributed by atoms with Gasteiger partial charge < -0.3 is 5.32 Å². The summed E-state index contributed by atoms with van der Waals surface area (Å²) in [6.07, 6.45) is 3.32. The molecule has 16 heavy (non-hydrogen) atoms. The first-order valence-electron chi connectivity index (χ1n) is 5.28. The summed E-state index contributed by atoms with van der Waals surface area (Å²) in [5.74, 6) is -0.125. The summed E-state index contributed by atoms with van der Waals surface area (Å²) in [5, 5.41) is 6.63. The van der Waals surface area contributed by atoms with Gasteiger partial charge in [0.25, 0.3) is 0 Å². The van der Waals surface area contributed by atoms with Crippen LogP contribution in [0.1, 0.15) is 20.8 Å². The fraction of sp³-hybridized carbons (Fsp3) is 0.545. The minimum Gasteiger partial charge on any atom is -0.344 e. The normalized spacial score (nSPS) is 12.5. The van der Waals surface area contributed by atoms with Crippen LogP contribution in [0.3, 0.4) is 0 Å². The maximum absolute atomic E-state index is 11.6. The molecule has 0 fully saturated rings. The molecule has 1 unspecified atom stereocenters. The van der Waals surface area contributed by atoms with Crippen LogP contribution in [0, 0.1) is 5.92 Å². The Bertz CT molecular complexity index is 357. The average molecular weight is 223 g/mol. The third-order valence-corrected chi connectivity index (χ3v) is 2.29. The highest BCUT2D eigenvalue weighted by Gasteiger charge is 2.20. The number of rotatable bonds is 5. The summed E-state index contributed by atoms with van der Waals surface area (Å²) >= 11 is 0. The van der Waals surface area contributed by atoms with Crippen LogP contribution < -0.4 is 5.32 Å². The van der Waals surface area contributed by atoms with Crippen molar-refractivity contribution in [2.24, 2.45) is 5.92 Å². The number of amides is 1. The topological polar surface area (TPSA) is 64.0 Å². The molecule has 0 saturated heterocycles. The van der Waals surface area contributed by atoms with Gasteiger partial charge in [-0.25, -0.2) is 0 Å². The summed E-state index contributed by atoms with van der Waals surface area (Å²) < 4.78 is 1.52. The zero-order valence-electron chi connectivity index (χ0n) is 9.80. The molecular weight excluding hydrogens is 206 g/mol. The Morgan fingerprint density at radius 2 is 2.12 bits per heavy atom. The Kier molecular flexibility index (Phi) is 4.22. The molecule has 0 aliphatic heterocycles. The zero-order valence-corrected chi connectivity index (χ0v) is 9.80. The Morgan fingerprint density at radius 1 is 1.44 bits per heavy atom. The first-order valence-corrected chi connectivity index (χ1v) is 5.28. The number of aromatic nitrogens is 2. The van der Waals surface area contributed by atoms with Crippen molar-refractivity contribution in [2.75, 3.05) is 0 Å². The fourth-order valence-electron chi connectivity index (χ4n) is 1.50. The molecule has 0 radical (unpaired) electrons. The lowest BCUT2D eigenvalue weighted by Crippen LogP contribution is -2.44. The maximum atomic E-state index is 11.6. The first-order chi connectivity index (χ1) is 7.50. The summed E-state index contributed by atoms with van der Waals surface area (Å²) in [6, 6.07) is 1.33. The minimum absolute atomic E-state index is 0.0242. The molecule has 1 atom stereocenters. The number of hydrogen-bond acceptors (Lipinski definition) is 3. The van der Waals surface area contributed by atoms with Crippen LogP contribution in [0.15, 0.2) is 18.5 Å². The van der Waals surface area contributed by atoms with Gasteiger partial charge in [0.15, 0.2) is 5.78 Å². The number of Topliss-reactive ketones (excluding diaryl/α,β-unsaturated/α-hetero) is 1. The van der Waals surface area contributed by atoms with Gasteiger partial charge in [0, 0.05) is 12.4 Å². The summed E-state index contributed by atoms with van der Waals surface area (Å²) in [6.45, 7) is 5.43. The lowest BCUT2D eigenvalue weighted by atomic mass is 10.0. The predicted molar refractivity (Wildman–Crippen MR) is 59.7 cm³/mol. The lowest BCUT2D eigenvalue weighted by molar-refractivity contribution is -0.128. The molecule has 1 amide bonds. The highest BCUT2D eigenvalue weighted by Crippen LogP contribution is 2.02. The van der Waals surface area contributed by atoms with Gasteiger partial charge >= 0.3 is 0 Å². The summed E-state index contributed by atoms with van der Waals surface area (Å²) in [7, 11) is 0. The van der Waals surface area contributed by atoms with E-state index in [4.69, 9.17) is 0 Å². The predicted octanol–water partition coefficient (Wildman–Crippen LogP) is 0.613. The second-order valence-corrected chi connectivity index (χ2v) is 4.10. The van der Waals surface area contributed by atoms with Gasteiger partial charge in [-0.1, -0.05) is 13.8 Å². The van der Waals surface area contributed by atoms with Crippen LogP contribution in [0.4, 0.5) is 0 Å². The molecule has 0 saturated carbocycles. The van der Waals surface area contributed by atoms with Crippen molar-refractivity contribution in [1.29, 1.82) is 0 Å². The second-order valence-electron chi connectivity index (χ2n) is 4.10. The van der Waals surface area contributed by atoms with E-state index in [-0.39, 0.29) is 24.2 Å². The van der Waals surface area contributed by atoms with Crippen LogP contribution in [0.2, 0.25) is 0 Å². The highest BCUT2D eigenvalue weighted by atomic mass is 16.2. The Morgan fingerprint density at radius 3 is 2.56 bits per heavy atom. The molecular formula is C11H17N3O2. The number of ketones is 1. The second kappa shape index (κ2) is 5.44. The van der Waals surface area contributed by atoms with Crippen LogP contribution in [0.25, 0.3) is 0 Å². The molecule has 5 nitrogen and oxygen atoms in total. The van der Waals surface area contributed by atoms with E-state index in [0.717, 1.165) is 0 Å². The summed E-state index contributed by atoms with van der Waals surface area (Å²) in [5.41, 5.74) is 0. The van der Waals surface area contributed by atoms with Crippen molar-refractivity contribution in [1.82, 2.24) is 15.1 Å². The number of nitrogens with zero attached hydrogens (tertiary/aromatic N) is 2. The van der Waals surface area contributed by atoms with E-state index in [9.17, 15) is 9.59 Å². The molecule has 0 spiro atoms. The van der Waals surface area contributed by atoms with Crippen molar-refractivity contribution in [3.63, 3.8) is 0 Å². The standard InChI is InChI=1S/C11H17N3O2/c1-8(2)11(9(3)15)13-10(16)7-14-6-4-5-12-14/h4-6,8,11H,7H2,1-3H3,(H,13,16). The molecule has 1 aromatic heterocycles. The van der Waals surface area contributed by atoms with E-state index in [1.807, 2.05) is 13.8 Å².